The van der Waals surface area contributed by atoms with Crippen LogP contribution in [0.15, 0.2) is 72.9 Å². The second kappa shape index (κ2) is 10.6. The van der Waals surface area contributed by atoms with Crippen molar-refractivity contribution in [3.63, 3.8) is 0 Å². The van der Waals surface area contributed by atoms with Gasteiger partial charge in [-0.15, -0.1) is 13.2 Å². The largest absolute Gasteiger partial charge is 0.573 e. The molecule has 1 amide bonds. The van der Waals surface area contributed by atoms with Gasteiger partial charge in [-0.25, -0.2) is 0 Å². The minimum absolute atomic E-state index is 0.272. The van der Waals surface area contributed by atoms with Crippen LogP contribution in [0.2, 0.25) is 0 Å². The van der Waals surface area contributed by atoms with Gasteiger partial charge < -0.3 is 20.1 Å². The minimum Gasteiger partial charge on any atom is -0.405 e. The summed E-state index contributed by atoms with van der Waals surface area (Å²) in [5.41, 5.74) is 3.55. The molecule has 4 rings (SSSR count). The smallest absolute Gasteiger partial charge is 0.405 e. The van der Waals surface area contributed by atoms with Gasteiger partial charge >= 0.3 is 6.36 Å². The summed E-state index contributed by atoms with van der Waals surface area (Å²) in [7, 11) is 0. The van der Waals surface area contributed by atoms with Crippen LogP contribution in [-0.2, 0) is 6.42 Å². The molecule has 0 spiro atoms. The van der Waals surface area contributed by atoms with Gasteiger partial charge in [0.2, 0.25) is 0 Å². The highest BCUT2D eigenvalue weighted by molar-refractivity contribution is 5.97. The SMILES string of the molecule is Cc1ccc(C#Cc2ccc(OC(F)(F)F)c(C(=O)NC(CO)Cc3c[nH]c4ccccc34)c2)cc1. The van der Waals surface area contributed by atoms with E-state index < -0.39 is 30.7 Å². The molecule has 3 N–H and O–H groups in total. The number of amides is 1. The predicted molar refractivity (Wildman–Crippen MR) is 131 cm³/mol. The number of carbonyl (C=O) groups excluding carboxylic acids is 1. The summed E-state index contributed by atoms with van der Waals surface area (Å²) in [5, 5.41) is 13.4. The van der Waals surface area contributed by atoms with E-state index in [1.54, 1.807) is 6.20 Å². The summed E-state index contributed by atoms with van der Waals surface area (Å²) in [6.07, 6.45) is -2.93. The van der Waals surface area contributed by atoms with Crippen LogP contribution in [0.5, 0.6) is 5.75 Å². The van der Waals surface area contributed by atoms with Gasteiger partial charge in [0.25, 0.3) is 5.91 Å². The molecule has 0 bridgehead atoms. The number of H-pyrrole nitrogens is 1. The molecule has 8 heteroatoms. The third-order valence-electron chi connectivity index (χ3n) is 5.55. The van der Waals surface area contributed by atoms with Gasteiger partial charge in [0, 0.05) is 28.2 Å². The van der Waals surface area contributed by atoms with Crippen LogP contribution in [0.1, 0.15) is 32.6 Å². The van der Waals surface area contributed by atoms with E-state index in [1.807, 2.05) is 55.5 Å². The van der Waals surface area contributed by atoms with Gasteiger partial charge in [0.1, 0.15) is 5.75 Å². The number of halogens is 3. The Morgan fingerprint density at radius 1 is 1.06 bits per heavy atom. The Hall–Kier alpha value is -4.22. The molecule has 4 aromatic rings. The Labute approximate surface area is 205 Å². The van der Waals surface area contributed by atoms with Gasteiger partial charge in [-0.1, -0.05) is 47.7 Å². The van der Waals surface area contributed by atoms with Gasteiger partial charge in [-0.05, 0) is 55.3 Å². The molecule has 184 valence electrons. The zero-order valence-electron chi connectivity index (χ0n) is 19.3. The standard InChI is InChI=1S/C28H23F3N2O3/c1-18-6-8-19(9-7-18)10-11-20-12-13-26(36-28(29,30)31)24(14-20)27(35)33-22(17-34)15-21-16-32-25-5-3-2-4-23(21)25/h2-9,12-14,16,22,32,34H,15,17H2,1H3,(H,33,35). The number of ether oxygens (including phenoxy) is 1. The third kappa shape index (κ3) is 6.26. The Bertz CT molecular complexity index is 1430. The van der Waals surface area contributed by atoms with Crippen molar-refractivity contribution in [1.29, 1.82) is 0 Å². The number of aromatic amines is 1. The van der Waals surface area contributed by atoms with Crippen LogP contribution in [0.3, 0.4) is 0 Å². The molecule has 1 aromatic heterocycles. The number of carbonyl (C=O) groups is 1. The Morgan fingerprint density at radius 3 is 2.47 bits per heavy atom. The van der Waals surface area contributed by atoms with Crippen LogP contribution < -0.4 is 10.1 Å². The molecule has 0 radical (unpaired) electrons. The molecule has 0 saturated carbocycles. The van der Waals surface area contributed by atoms with E-state index >= 15 is 0 Å². The lowest BCUT2D eigenvalue weighted by Gasteiger charge is -2.18. The van der Waals surface area contributed by atoms with Crippen LogP contribution in [0.25, 0.3) is 10.9 Å². The first-order valence-electron chi connectivity index (χ1n) is 11.2. The number of alkyl halides is 3. The lowest BCUT2D eigenvalue weighted by Crippen LogP contribution is -2.39. The third-order valence-corrected chi connectivity index (χ3v) is 5.55. The second-order valence-corrected chi connectivity index (χ2v) is 8.29. The zero-order valence-corrected chi connectivity index (χ0v) is 19.3. The van der Waals surface area contributed by atoms with E-state index in [4.69, 9.17) is 0 Å². The molecule has 0 aliphatic carbocycles. The molecular weight excluding hydrogens is 469 g/mol. The maximum absolute atomic E-state index is 13.1. The van der Waals surface area contributed by atoms with Crippen molar-refractivity contribution in [2.75, 3.05) is 6.61 Å². The average molecular weight is 492 g/mol. The molecule has 0 aliphatic heterocycles. The van der Waals surface area contributed by atoms with Gasteiger partial charge in [0.15, 0.2) is 0 Å². The van der Waals surface area contributed by atoms with Crippen LogP contribution in [0, 0.1) is 18.8 Å². The number of fused-ring (bicyclic) bond motifs is 1. The van der Waals surface area contributed by atoms with Gasteiger partial charge in [-0.3, -0.25) is 4.79 Å². The Morgan fingerprint density at radius 2 is 1.75 bits per heavy atom. The fourth-order valence-electron chi connectivity index (χ4n) is 3.77. The first-order valence-corrected chi connectivity index (χ1v) is 11.2. The molecule has 3 aromatic carbocycles. The summed E-state index contributed by atoms with van der Waals surface area (Å²) in [4.78, 5) is 16.2. The average Bonchev–Trinajstić information content (AvgIpc) is 3.25. The quantitative estimate of drug-likeness (QED) is 0.328. The normalized spacial score (nSPS) is 12.0. The number of hydrogen-bond acceptors (Lipinski definition) is 3. The zero-order chi connectivity index (χ0) is 25.7. The number of rotatable bonds is 6. The number of para-hydroxylation sites is 1. The number of aliphatic hydroxyl groups excluding tert-OH is 1. The molecule has 5 nitrogen and oxygen atoms in total. The Kier molecular flexibility index (Phi) is 7.32. The molecule has 1 unspecified atom stereocenters. The fourth-order valence-corrected chi connectivity index (χ4v) is 3.77. The summed E-state index contributed by atoms with van der Waals surface area (Å²) in [5.74, 6) is 4.34. The second-order valence-electron chi connectivity index (χ2n) is 8.29. The minimum atomic E-state index is -4.98. The highest BCUT2D eigenvalue weighted by Gasteiger charge is 2.33. The van der Waals surface area contributed by atoms with Crippen molar-refractivity contribution in [1.82, 2.24) is 10.3 Å². The van der Waals surface area contributed by atoms with E-state index in [-0.39, 0.29) is 12.0 Å². The first kappa shape index (κ1) is 24.9. The highest BCUT2D eigenvalue weighted by atomic mass is 19.4. The van der Waals surface area contributed by atoms with Gasteiger partial charge in [0.05, 0.1) is 18.2 Å². The summed E-state index contributed by atoms with van der Waals surface area (Å²) in [6, 6.07) is 17.9. The molecule has 0 fully saturated rings. The number of aryl methyl sites for hydroxylation is 1. The Balaban J connectivity index is 1.59. The maximum atomic E-state index is 13.1. The van der Waals surface area contributed by atoms with Crippen molar-refractivity contribution >= 4 is 16.8 Å². The number of aromatic nitrogens is 1. The summed E-state index contributed by atoms with van der Waals surface area (Å²) >= 11 is 0. The molecule has 1 atom stereocenters. The summed E-state index contributed by atoms with van der Waals surface area (Å²) in [6.45, 7) is 1.53. The molecule has 0 saturated heterocycles. The van der Waals surface area contributed by atoms with Crippen molar-refractivity contribution in [3.8, 4) is 17.6 Å². The monoisotopic (exact) mass is 492 g/mol. The molecule has 0 aliphatic rings. The molecule has 36 heavy (non-hydrogen) atoms. The van der Waals surface area contributed by atoms with E-state index in [0.717, 1.165) is 33.7 Å². The summed E-state index contributed by atoms with van der Waals surface area (Å²) < 4.78 is 43.1. The lowest BCUT2D eigenvalue weighted by molar-refractivity contribution is -0.274. The van der Waals surface area contributed by atoms with E-state index in [9.17, 15) is 23.1 Å². The highest BCUT2D eigenvalue weighted by Crippen LogP contribution is 2.28. The van der Waals surface area contributed by atoms with Crippen molar-refractivity contribution in [3.05, 3.63) is 101 Å². The predicted octanol–water partition coefficient (Wildman–Crippen LogP) is 5.11. The van der Waals surface area contributed by atoms with Crippen LogP contribution >= 0.6 is 0 Å². The van der Waals surface area contributed by atoms with E-state index in [1.165, 1.54) is 12.1 Å². The molecule has 1 heterocycles. The van der Waals surface area contributed by atoms with Crippen LogP contribution in [0.4, 0.5) is 13.2 Å². The fraction of sp³-hybridized carbons (Fsp3) is 0.179. The van der Waals surface area contributed by atoms with Crippen LogP contribution in [-0.4, -0.2) is 35.0 Å². The van der Waals surface area contributed by atoms with E-state index in [2.05, 4.69) is 26.9 Å². The maximum Gasteiger partial charge on any atom is 0.573 e. The van der Waals surface area contributed by atoms with E-state index in [0.29, 0.717) is 5.56 Å². The number of benzene rings is 3. The first-order chi connectivity index (χ1) is 17.2. The van der Waals surface area contributed by atoms with Crippen molar-refractivity contribution in [2.45, 2.75) is 25.7 Å². The number of hydrogen-bond donors (Lipinski definition) is 3. The van der Waals surface area contributed by atoms with Crippen molar-refractivity contribution < 1.29 is 27.8 Å². The lowest BCUT2D eigenvalue weighted by atomic mass is 10.0. The topological polar surface area (TPSA) is 74.3 Å². The van der Waals surface area contributed by atoms with Gasteiger partial charge in [-0.2, -0.15) is 0 Å². The van der Waals surface area contributed by atoms with Crippen molar-refractivity contribution in [2.24, 2.45) is 0 Å². The number of nitrogens with one attached hydrogen (secondary N) is 2. The molecular formula is C28H23F3N2O3. The number of aliphatic hydroxyl groups is 1.